The normalized spacial score (nSPS) is 25.0. The van der Waals surface area contributed by atoms with Crippen LogP contribution in [0.25, 0.3) is 10.2 Å². The molecule has 1 aromatic carbocycles. The monoisotopic (exact) mass is 315 g/mol. The van der Waals surface area contributed by atoms with E-state index in [0.717, 1.165) is 56.1 Å². The molecule has 5 heteroatoms. The van der Waals surface area contributed by atoms with Crippen molar-refractivity contribution >= 4 is 32.6 Å². The maximum Gasteiger partial charge on any atom is 0.230 e. The number of amides is 1. The number of para-hydroxylation sites is 1. The second-order valence-electron chi connectivity index (χ2n) is 6.46. The molecule has 3 heterocycles. The molecule has 4 rings (SSSR count). The Balaban J connectivity index is 1.56. The van der Waals surface area contributed by atoms with Crippen LogP contribution in [0.5, 0.6) is 0 Å². The number of rotatable bonds is 3. The van der Waals surface area contributed by atoms with Gasteiger partial charge in [-0.15, -0.1) is 0 Å². The fraction of sp³-hybridized carbons (Fsp3) is 0.529. The van der Waals surface area contributed by atoms with Crippen molar-refractivity contribution in [3.63, 3.8) is 0 Å². The van der Waals surface area contributed by atoms with Crippen molar-refractivity contribution < 1.29 is 4.79 Å². The number of likely N-dealkylation sites (tertiary alicyclic amines) is 1. The fourth-order valence-electron chi connectivity index (χ4n) is 3.79. The lowest BCUT2D eigenvalue weighted by Crippen LogP contribution is -2.37. The van der Waals surface area contributed by atoms with Crippen molar-refractivity contribution in [2.24, 2.45) is 5.41 Å². The van der Waals surface area contributed by atoms with E-state index in [1.165, 1.54) is 4.70 Å². The van der Waals surface area contributed by atoms with Crippen molar-refractivity contribution in [3.05, 3.63) is 24.3 Å². The van der Waals surface area contributed by atoms with E-state index in [-0.39, 0.29) is 5.41 Å². The molecule has 22 heavy (non-hydrogen) atoms. The van der Waals surface area contributed by atoms with E-state index in [1.54, 1.807) is 11.3 Å². The third-order valence-electron chi connectivity index (χ3n) is 5.00. The maximum atomic E-state index is 12.8. The van der Waals surface area contributed by atoms with Crippen LogP contribution in [0.3, 0.4) is 0 Å². The van der Waals surface area contributed by atoms with Gasteiger partial charge in [0.2, 0.25) is 5.91 Å². The topological polar surface area (TPSA) is 36.4 Å². The van der Waals surface area contributed by atoms with Crippen LogP contribution in [0.15, 0.2) is 24.3 Å². The number of benzene rings is 1. The second kappa shape index (κ2) is 5.23. The average Bonchev–Trinajstić information content (AvgIpc) is 3.21. The van der Waals surface area contributed by atoms with Crippen molar-refractivity contribution in [2.45, 2.75) is 26.2 Å². The van der Waals surface area contributed by atoms with Gasteiger partial charge in [0.1, 0.15) is 0 Å². The molecule has 1 spiro atoms. The summed E-state index contributed by atoms with van der Waals surface area (Å²) in [5.41, 5.74) is 0.918. The van der Waals surface area contributed by atoms with Crippen LogP contribution in [-0.4, -0.2) is 42.0 Å². The fourth-order valence-corrected chi connectivity index (χ4v) is 4.78. The van der Waals surface area contributed by atoms with Crippen LogP contribution < -0.4 is 4.90 Å². The highest BCUT2D eigenvalue weighted by Gasteiger charge is 2.50. The van der Waals surface area contributed by atoms with Crippen molar-refractivity contribution in [3.8, 4) is 0 Å². The van der Waals surface area contributed by atoms with Gasteiger partial charge < -0.3 is 9.80 Å². The predicted octanol–water partition coefficient (Wildman–Crippen LogP) is 3.14. The molecule has 2 saturated heterocycles. The highest BCUT2D eigenvalue weighted by Crippen LogP contribution is 2.43. The van der Waals surface area contributed by atoms with E-state index in [2.05, 4.69) is 34.9 Å². The van der Waals surface area contributed by atoms with Gasteiger partial charge in [0.25, 0.3) is 0 Å². The Hall–Kier alpha value is -1.62. The lowest BCUT2D eigenvalue weighted by Gasteiger charge is -2.23. The molecule has 1 amide bonds. The first-order chi connectivity index (χ1) is 10.7. The molecule has 1 unspecified atom stereocenters. The van der Waals surface area contributed by atoms with Gasteiger partial charge in [-0.2, -0.15) is 0 Å². The first-order valence-electron chi connectivity index (χ1n) is 8.12. The van der Waals surface area contributed by atoms with Crippen LogP contribution in [-0.2, 0) is 4.79 Å². The molecule has 0 aliphatic carbocycles. The summed E-state index contributed by atoms with van der Waals surface area (Å²) in [4.78, 5) is 21.9. The van der Waals surface area contributed by atoms with E-state index in [1.807, 2.05) is 6.07 Å². The highest BCUT2D eigenvalue weighted by molar-refractivity contribution is 7.22. The molecule has 0 saturated carbocycles. The van der Waals surface area contributed by atoms with E-state index >= 15 is 0 Å². The number of anilines is 1. The zero-order valence-electron chi connectivity index (χ0n) is 12.9. The van der Waals surface area contributed by atoms with Crippen LogP contribution in [0.1, 0.15) is 26.2 Å². The van der Waals surface area contributed by atoms with Gasteiger partial charge in [0.05, 0.1) is 15.6 Å². The summed E-state index contributed by atoms with van der Waals surface area (Å²) in [5.74, 6) is 0.373. The van der Waals surface area contributed by atoms with Gasteiger partial charge in [0.15, 0.2) is 5.13 Å². The van der Waals surface area contributed by atoms with Gasteiger partial charge in [-0.05, 0) is 31.4 Å². The standard InChI is InChI=1S/C17H21N3OS/c1-2-9-19-10-7-17(15(19)21)8-11-20(12-17)16-18-13-5-3-4-6-14(13)22-16/h3-6H,2,7-12H2,1H3. The number of thiazole rings is 1. The van der Waals surface area contributed by atoms with Gasteiger partial charge in [-0.1, -0.05) is 30.4 Å². The molecule has 1 atom stereocenters. The van der Waals surface area contributed by atoms with Crippen molar-refractivity contribution in [1.82, 2.24) is 9.88 Å². The number of hydrogen-bond acceptors (Lipinski definition) is 4. The van der Waals surface area contributed by atoms with Gasteiger partial charge in [-0.3, -0.25) is 4.79 Å². The largest absolute Gasteiger partial charge is 0.347 e. The highest BCUT2D eigenvalue weighted by atomic mass is 32.1. The van der Waals surface area contributed by atoms with E-state index in [0.29, 0.717) is 5.91 Å². The smallest absolute Gasteiger partial charge is 0.230 e. The minimum atomic E-state index is -0.146. The molecule has 116 valence electrons. The molecule has 0 bridgehead atoms. The van der Waals surface area contributed by atoms with Crippen molar-refractivity contribution in [1.29, 1.82) is 0 Å². The number of nitrogens with zero attached hydrogens (tertiary/aromatic N) is 3. The third-order valence-corrected chi connectivity index (χ3v) is 6.10. The summed E-state index contributed by atoms with van der Waals surface area (Å²) >= 11 is 1.74. The number of aromatic nitrogens is 1. The molecule has 0 N–H and O–H groups in total. The molecule has 1 aromatic heterocycles. The zero-order chi connectivity index (χ0) is 15.2. The van der Waals surface area contributed by atoms with Gasteiger partial charge >= 0.3 is 0 Å². The first-order valence-corrected chi connectivity index (χ1v) is 8.93. The van der Waals surface area contributed by atoms with E-state index < -0.39 is 0 Å². The summed E-state index contributed by atoms with van der Waals surface area (Å²) in [7, 11) is 0. The average molecular weight is 315 g/mol. The van der Waals surface area contributed by atoms with E-state index in [4.69, 9.17) is 4.98 Å². The Bertz CT molecular complexity index is 680. The Morgan fingerprint density at radius 2 is 2.09 bits per heavy atom. The summed E-state index contributed by atoms with van der Waals surface area (Å²) in [5, 5.41) is 1.07. The zero-order valence-corrected chi connectivity index (χ0v) is 13.7. The predicted molar refractivity (Wildman–Crippen MR) is 90.4 cm³/mol. The van der Waals surface area contributed by atoms with Crippen LogP contribution >= 0.6 is 11.3 Å². The lowest BCUT2D eigenvalue weighted by atomic mass is 9.85. The van der Waals surface area contributed by atoms with Crippen LogP contribution in [0, 0.1) is 5.41 Å². The number of carbonyl (C=O) groups excluding carboxylic acids is 1. The summed E-state index contributed by atoms with van der Waals surface area (Å²) < 4.78 is 1.23. The molecule has 2 fully saturated rings. The lowest BCUT2D eigenvalue weighted by molar-refractivity contribution is -0.135. The minimum Gasteiger partial charge on any atom is -0.347 e. The number of fused-ring (bicyclic) bond motifs is 1. The first kappa shape index (κ1) is 14.0. The van der Waals surface area contributed by atoms with Gasteiger partial charge in [0, 0.05) is 26.2 Å². The SMILES string of the molecule is CCCN1CCC2(CCN(c3nc4ccccc4s3)C2)C1=O. The molecule has 4 nitrogen and oxygen atoms in total. The third kappa shape index (κ3) is 2.10. The molecule has 0 radical (unpaired) electrons. The van der Waals surface area contributed by atoms with E-state index in [9.17, 15) is 4.79 Å². The summed E-state index contributed by atoms with van der Waals surface area (Å²) in [6.07, 6.45) is 3.03. The molecular weight excluding hydrogens is 294 g/mol. The minimum absolute atomic E-state index is 0.146. The molecular formula is C17H21N3OS. The summed E-state index contributed by atoms with van der Waals surface area (Å²) in [6.45, 7) is 5.76. The quantitative estimate of drug-likeness (QED) is 0.873. The Labute approximate surface area is 134 Å². The molecule has 2 aliphatic rings. The number of carbonyl (C=O) groups is 1. The molecule has 2 aromatic rings. The number of hydrogen-bond donors (Lipinski definition) is 0. The maximum absolute atomic E-state index is 12.8. The van der Waals surface area contributed by atoms with Crippen LogP contribution in [0.4, 0.5) is 5.13 Å². The van der Waals surface area contributed by atoms with Gasteiger partial charge in [-0.25, -0.2) is 4.98 Å². The van der Waals surface area contributed by atoms with Crippen LogP contribution in [0.2, 0.25) is 0 Å². The Morgan fingerprint density at radius 1 is 1.27 bits per heavy atom. The Morgan fingerprint density at radius 3 is 2.91 bits per heavy atom. The Kier molecular flexibility index (Phi) is 3.33. The second-order valence-corrected chi connectivity index (χ2v) is 7.47. The van der Waals surface area contributed by atoms with Crippen molar-refractivity contribution in [2.75, 3.05) is 31.1 Å². The molecule has 2 aliphatic heterocycles. The summed E-state index contributed by atoms with van der Waals surface area (Å²) in [6, 6.07) is 8.26.